The van der Waals surface area contributed by atoms with Crippen LogP contribution in [0.2, 0.25) is 0 Å². The number of aromatic amines is 1. The Morgan fingerprint density at radius 2 is 1.95 bits per heavy atom. The van der Waals surface area contributed by atoms with Gasteiger partial charge in [0.1, 0.15) is 6.04 Å². The first-order valence-corrected chi connectivity index (χ1v) is 14.6. The van der Waals surface area contributed by atoms with Gasteiger partial charge in [-0.1, -0.05) is 30.7 Å². The number of amides is 3. The van der Waals surface area contributed by atoms with Crippen molar-refractivity contribution in [1.29, 1.82) is 0 Å². The molecule has 2 unspecified atom stereocenters. The number of carbonyl (C=O) groups excluding carboxylic acids is 3. The molecule has 2 saturated heterocycles. The number of piperidine rings is 2. The second-order valence-electron chi connectivity index (χ2n) is 12.8. The summed E-state index contributed by atoms with van der Waals surface area (Å²) in [4.78, 5) is 41.1. The van der Waals surface area contributed by atoms with Crippen molar-refractivity contribution in [3.8, 4) is 0 Å². The first-order valence-electron chi connectivity index (χ1n) is 14.6. The molecular weight excluding hydrogens is 490 g/mol. The van der Waals surface area contributed by atoms with Crippen molar-refractivity contribution < 1.29 is 14.4 Å². The number of imide groups is 1. The van der Waals surface area contributed by atoms with Gasteiger partial charge in [-0.3, -0.25) is 29.7 Å². The average Bonchev–Trinajstić information content (AvgIpc) is 3.62. The van der Waals surface area contributed by atoms with Gasteiger partial charge in [0, 0.05) is 36.2 Å². The molecule has 2 aromatic rings. The van der Waals surface area contributed by atoms with E-state index in [0.717, 1.165) is 50.4 Å². The van der Waals surface area contributed by atoms with Crippen LogP contribution in [0.3, 0.4) is 0 Å². The zero-order valence-electron chi connectivity index (χ0n) is 22.7. The van der Waals surface area contributed by atoms with Crippen LogP contribution in [0.4, 0.5) is 0 Å². The fourth-order valence-corrected chi connectivity index (χ4v) is 7.84. The number of fused-ring (bicyclic) bond motifs is 3. The quantitative estimate of drug-likeness (QED) is 0.454. The Morgan fingerprint density at radius 1 is 1.10 bits per heavy atom. The lowest BCUT2D eigenvalue weighted by Crippen LogP contribution is -2.52. The van der Waals surface area contributed by atoms with Crippen molar-refractivity contribution >= 4 is 17.7 Å². The van der Waals surface area contributed by atoms with Crippen molar-refractivity contribution in [3.63, 3.8) is 0 Å². The molecule has 3 aliphatic heterocycles. The Bertz CT molecular complexity index is 1370. The van der Waals surface area contributed by atoms with E-state index in [1.807, 2.05) is 6.07 Å². The van der Waals surface area contributed by atoms with Crippen molar-refractivity contribution in [2.45, 2.75) is 88.8 Å². The molecule has 0 spiro atoms. The monoisotopic (exact) mass is 527 g/mol. The van der Waals surface area contributed by atoms with E-state index in [4.69, 9.17) is 5.10 Å². The van der Waals surface area contributed by atoms with E-state index in [1.54, 1.807) is 10.5 Å². The van der Waals surface area contributed by atoms with E-state index < -0.39 is 6.04 Å². The van der Waals surface area contributed by atoms with Crippen molar-refractivity contribution in [3.05, 3.63) is 64.0 Å². The van der Waals surface area contributed by atoms with Crippen LogP contribution in [0.15, 0.2) is 35.9 Å². The molecule has 7 rings (SSSR count). The van der Waals surface area contributed by atoms with E-state index in [1.165, 1.54) is 36.2 Å². The molecular formula is C31H37N5O3. The van der Waals surface area contributed by atoms with Gasteiger partial charge in [0.15, 0.2) is 0 Å². The summed E-state index contributed by atoms with van der Waals surface area (Å²) in [6.07, 6.45) is 10.2. The Hall–Kier alpha value is -3.26. The van der Waals surface area contributed by atoms with E-state index in [9.17, 15) is 14.4 Å². The number of nitrogens with one attached hydrogen (secondary N) is 2. The second-order valence-corrected chi connectivity index (χ2v) is 12.8. The van der Waals surface area contributed by atoms with E-state index in [2.05, 4.69) is 46.5 Å². The van der Waals surface area contributed by atoms with Gasteiger partial charge in [-0.05, 0) is 93.1 Å². The summed E-state index contributed by atoms with van der Waals surface area (Å²) in [6, 6.07) is 7.95. The predicted octanol–water partition coefficient (Wildman–Crippen LogP) is 3.94. The zero-order valence-corrected chi connectivity index (χ0v) is 22.7. The van der Waals surface area contributed by atoms with Gasteiger partial charge < -0.3 is 4.90 Å². The standard InChI is InChI=1S/C31H37N5O3/c1-31(15-19-2-3-20(12-19)16-31)27-14-24(33-34-27)18-35-10-8-21(9-11-35)22-4-5-25-23(13-22)17-36(30(25)39)26-6-7-28(37)32-29(26)38/h2,4-5,13-14,20-21,26H,3,6-12,15-18H2,1H3,(H,33,34)(H,32,37,38)/t20-,26?,31?/m1/s1. The molecule has 204 valence electrons. The highest BCUT2D eigenvalue weighted by molar-refractivity contribution is 6.05. The SMILES string of the molecule is CC1(c2cc(CN3CCC(c4ccc5c(c4)CN(C4CCC(=O)NC4=O)C5=O)CC3)[nH]n2)CC2=CC[C@H](C2)C1. The molecule has 0 radical (unpaired) electrons. The Balaban J connectivity index is 0.961. The lowest BCUT2D eigenvalue weighted by molar-refractivity contribution is -0.136. The third-order valence-electron chi connectivity index (χ3n) is 9.90. The molecule has 3 fully saturated rings. The molecule has 2 aliphatic carbocycles. The number of allylic oxidation sites excluding steroid dienone is 2. The van der Waals surface area contributed by atoms with E-state index in [-0.39, 0.29) is 29.6 Å². The van der Waals surface area contributed by atoms with Crippen LogP contribution in [0.25, 0.3) is 0 Å². The molecule has 3 amide bonds. The minimum atomic E-state index is -0.565. The smallest absolute Gasteiger partial charge is 0.255 e. The molecule has 39 heavy (non-hydrogen) atoms. The Kier molecular flexibility index (Phi) is 5.99. The highest BCUT2D eigenvalue weighted by atomic mass is 16.2. The number of aromatic nitrogens is 2. The van der Waals surface area contributed by atoms with Gasteiger partial charge in [-0.15, -0.1) is 0 Å². The van der Waals surface area contributed by atoms with Crippen molar-refractivity contribution in [1.82, 2.24) is 25.3 Å². The van der Waals surface area contributed by atoms with Gasteiger partial charge in [0.2, 0.25) is 11.8 Å². The van der Waals surface area contributed by atoms with Crippen molar-refractivity contribution in [2.24, 2.45) is 5.92 Å². The summed E-state index contributed by atoms with van der Waals surface area (Å²) in [5.74, 6) is 0.544. The van der Waals surface area contributed by atoms with Gasteiger partial charge in [-0.25, -0.2) is 0 Å². The lowest BCUT2D eigenvalue weighted by Gasteiger charge is -2.35. The summed E-state index contributed by atoms with van der Waals surface area (Å²) >= 11 is 0. The largest absolute Gasteiger partial charge is 0.322 e. The molecule has 2 N–H and O–H groups in total. The number of nitrogens with zero attached hydrogens (tertiary/aromatic N) is 3. The topological polar surface area (TPSA) is 98.4 Å². The van der Waals surface area contributed by atoms with Crippen LogP contribution in [0, 0.1) is 5.92 Å². The van der Waals surface area contributed by atoms with Gasteiger partial charge in [-0.2, -0.15) is 5.10 Å². The molecule has 8 heteroatoms. The number of hydrogen-bond acceptors (Lipinski definition) is 5. The maximum atomic E-state index is 13.0. The fourth-order valence-electron chi connectivity index (χ4n) is 7.84. The summed E-state index contributed by atoms with van der Waals surface area (Å²) in [5, 5.41) is 10.5. The van der Waals surface area contributed by atoms with Crippen LogP contribution >= 0.6 is 0 Å². The molecule has 8 nitrogen and oxygen atoms in total. The number of rotatable bonds is 5. The van der Waals surface area contributed by atoms with Gasteiger partial charge >= 0.3 is 0 Å². The minimum Gasteiger partial charge on any atom is -0.322 e. The highest BCUT2D eigenvalue weighted by Crippen LogP contribution is 2.48. The first-order chi connectivity index (χ1) is 18.8. The second kappa shape index (κ2) is 9.44. The number of hydrogen-bond donors (Lipinski definition) is 2. The van der Waals surface area contributed by atoms with E-state index >= 15 is 0 Å². The summed E-state index contributed by atoms with van der Waals surface area (Å²) in [5.41, 5.74) is 7.19. The van der Waals surface area contributed by atoms with Gasteiger partial charge in [0.05, 0.1) is 5.69 Å². The highest BCUT2D eigenvalue weighted by Gasteiger charge is 2.41. The van der Waals surface area contributed by atoms with Crippen molar-refractivity contribution in [2.75, 3.05) is 13.1 Å². The van der Waals surface area contributed by atoms with E-state index in [0.29, 0.717) is 24.4 Å². The van der Waals surface area contributed by atoms with Crippen LogP contribution in [-0.4, -0.2) is 56.9 Å². The van der Waals surface area contributed by atoms with Crippen LogP contribution < -0.4 is 5.32 Å². The lowest BCUT2D eigenvalue weighted by atomic mass is 9.69. The molecule has 1 aromatic heterocycles. The summed E-state index contributed by atoms with van der Waals surface area (Å²) in [6.45, 7) is 5.79. The Morgan fingerprint density at radius 3 is 2.74 bits per heavy atom. The molecule has 1 aromatic carbocycles. The summed E-state index contributed by atoms with van der Waals surface area (Å²) in [7, 11) is 0. The minimum absolute atomic E-state index is 0.105. The molecule has 5 aliphatic rings. The van der Waals surface area contributed by atoms with Crippen LogP contribution in [0.5, 0.6) is 0 Å². The first kappa shape index (κ1) is 24.8. The molecule has 1 saturated carbocycles. The van der Waals surface area contributed by atoms with Crippen LogP contribution in [-0.2, 0) is 28.1 Å². The van der Waals surface area contributed by atoms with Gasteiger partial charge in [0.25, 0.3) is 5.91 Å². The third kappa shape index (κ3) is 4.52. The average molecular weight is 528 g/mol. The number of H-pyrrole nitrogens is 1. The number of carbonyl (C=O) groups is 3. The predicted molar refractivity (Wildman–Crippen MR) is 146 cm³/mol. The third-order valence-corrected chi connectivity index (χ3v) is 9.90. The zero-order chi connectivity index (χ0) is 26.7. The maximum absolute atomic E-state index is 13.0. The molecule has 4 heterocycles. The van der Waals surface area contributed by atoms with Crippen LogP contribution in [0.1, 0.15) is 97.1 Å². The summed E-state index contributed by atoms with van der Waals surface area (Å²) < 4.78 is 0. The maximum Gasteiger partial charge on any atom is 0.255 e. The molecule has 3 atom stereocenters. The normalized spacial score (nSPS) is 29.5. The molecule has 2 bridgehead atoms. The number of likely N-dealkylation sites (tertiary alicyclic amines) is 1. The fraction of sp³-hybridized carbons (Fsp3) is 0.548. The Labute approximate surface area is 229 Å². The number of benzene rings is 1.